The van der Waals surface area contributed by atoms with Crippen LogP contribution in [0.25, 0.3) is 0 Å². The summed E-state index contributed by atoms with van der Waals surface area (Å²) in [7, 11) is -3.80. The fourth-order valence-corrected chi connectivity index (χ4v) is 4.40. The zero-order chi connectivity index (χ0) is 19.6. The van der Waals surface area contributed by atoms with Crippen molar-refractivity contribution >= 4 is 38.1 Å². The average molecular weight is 405 g/mol. The van der Waals surface area contributed by atoms with Crippen LogP contribution in [0.15, 0.2) is 53.4 Å². The van der Waals surface area contributed by atoms with Gasteiger partial charge in [-0.05, 0) is 43.7 Å². The maximum Gasteiger partial charge on any atom is 0.267 e. The lowest BCUT2D eigenvalue weighted by Crippen LogP contribution is -2.12. The number of nitrogens with zero attached hydrogens (tertiary/aromatic N) is 1. The van der Waals surface area contributed by atoms with E-state index in [0.717, 1.165) is 11.3 Å². The molecule has 2 aromatic carbocycles. The van der Waals surface area contributed by atoms with Crippen LogP contribution in [-0.4, -0.2) is 19.3 Å². The Labute approximate surface area is 160 Å². The summed E-state index contributed by atoms with van der Waals surface area (Å²) in [5, 5.41) is 2.67. The van der Waals surface area contributed by atoms with E-state index in [1.807, 2.05) is 0 Å². The number of carbonyl (C=O) groups is 1. The molecule has 0 aliphatic heterocycles. The summed E-state index contributed by atoms with van der Waals surface area (Å²) in [6, 6.07) is 12.2. The van der Waals surface area contributed by atoms with Crippen LogP contribution in [0.5, 0.6) is 0 Å². The van der Waals surface area contributed by atoms with Gasteiger partial charge < -0.3 is 5.32 Å². The number of anilines is 2. The van der Waals surface area contributed by atoms with Gasteiger partial charge in [-0.1, -0.05) is 35.6 Å². The lowest BCUT2D eigenvalue weighted by atomic mass is 10.2. The highest BCUT2D eigenvalue weighted by Crippen LogP contribution is 2.26. The van der Waals surface area contributed by atoms with Gasteiger partial charge in [0, 0.05) is 5.69 Å². The van der Waals surface area contributed by atoms with E-state index in [4.69, 9.17) is 0 Å². The van der Waals surface area contributed by atoms with E-state index in [9.17, 15) is 17.6 Å². The summed E-state index contributed by atoms with van der Waals surface area (Å²) in [4.78, 5) is 16.9. The lowest BCUT2D eigenvalue weighted by molar-refractivity contribution is 0.103. The van der Waals surface area contributed by atoms with Gasteiger partial charge in [0.15, 0.2) is 5.13 Å². The van der Waals surface area contributed by atoms with Gasteiger partial charge >= 0.3 is 0 Å². The van der Waals surface area contributed by atoms with E-state index >= 15 is 0 Å². The van der Waals surface area contributed by atoms with Crippen molar-refractivity contribution in [3.05, 3.63) is 70.5 Å². The third kappa shape index (κ3) is 4.32. The molecule has 3 rings (SSSR count). The second kappa shape index (κ2) is 7.45. The average Bonchev–Trinajstić information content (AvgIpc) is 2.98. The predicted octanol–water partition coefficient (Wildman–Crippen LogP) is 3.95. The van der Waals surface area contributed by atoms with Crippen molar-refractivity contribution in [1.82, 2.24) is 4.98 Å². The monoisotopic (exact) mass is 405 g/mol. The number of benzene rings is 2. The van der Waals surface area contributed by atoms with E-state index in [0.29, 0.717) is 16.9 Å². The number of thiazole rings is 1. The molecule has 0 bridgehead atoms. The number of hydrogen-bond donors (Lipinski definition) is 2. The number of halogens is 1. The molecule has 140 valence electrons. The molecule has 2 N–H and O–H groups in total. The minimum absolute atomic E-state index is 0.0802. The Balaban J connectivity index is 1.79. The normalized spacial score (nSPS) is 11.2. The molecule has 1 amide bonds. The second-order valence-corrected chi connectivity index (χ2v) is 8.45. The van der Waals surface area contributed by atoms with E-state index < -0.39 is 21.7 Å². The molecule has 0 radical (unpaired) electrons. The van der Waals surface area contributed by atoms with Crippen molar-refractivity contribution in [2.75, 3.05) is 10.0 Å². The summed E-state index contributed by atoms with van der Waals surface area (Å²) in [5.74, 6) is -0.913. The topological polar surface area (TPSA) is 88.2 Å². The van der Waals surface area contributed by atoms with Gasteiger partial charge in [-0.2, -0.15) is 0 Å². The van der Waals surface area contributed by atoms with Gasteiger partial charge in [0.05, 0.1) is 10.6 Å². The fraction of sp³-hybridized carbons (Fsp3) is 0.111. The van der Waals surface area contributed by atoms with Crippen LogP contribution >= 0.6 is 11.3 Å². The van der Waals surface area contributed by atoms with Gasteiger partial charge in [0.25, 0.3) is 15.9 Å². The molecule has 0 saturated carbocycles. The Kier molecular flexibility index (Phi) is 5.24. The molecule has 0 fully saturated rings. The van der Waals surface area contributed by atoms with Gasteiger partial charge in [-0.15, -0.1) is 0 Å². The van der Waals surface area contributed by atoms with Crippen LogP contribution < -0.4 is 10.0 Å². The number of aromatic nitrogens is 1. The number of rotatable bonds is 5. The number of amides is 1. The van der Waals surface area contributed by atoms with Gasteiger partial charge in [0.1, 0.15) is 10.7 Å². The minimum Gasteiger partial charge on any atom is -0.321 e. The summed E-state index contributed by atoms with van der Waals surface area (Å²) < 4.78 is 40.7. The maximum atomic E-state index is 13.6. The van der Waals surface area contributed by atoms with Gasteiger partial charge in [-0.25, -0.2) is 17.8 Å². The molecule has 0 aliphatic carbocycles. The smallest absolute Gasteiger partial charge is 0.267 e. The Bertz CT molecular complexity index is 1100. The van der Waals surface area contributed by atoms with Crippen LogP contribution in [0, 0.1) is 19.7 Å². The molecule has 0 atom stereocenters. The first kappa shape index (κ1) is 19.0. The SMILES string of the molecule is Cc1ccc(NC(=O)c2sc(NS(=O)(=O)c3ccccc3)nc2C)cc1F. The minimum atomic E-state index is -3.80. The van der Waals surface area contributed by atoms with Gasteiger partial charge in [0.2, 0.25) is 0 Å². The molecule has 27 heavy (non-hydrogen) atoms. The van der Waals surface area contributed by atoms with Crippen molar-refractivity contribution in [2.24, 2.45) is 0 Å². The van der Waals surface area contributed by atoms with Crippen molar-refractivity contribution in [1.29, 1.82) is 0 Å². The molecule has 0 unspecified atom stereocenters. The first-order chi connectivity index (χ1) is 12.8. The molecule has 3 aromatic rings. The zero-order valence-corrected chi connectivity index (χ0v) is 16.1. The van der Waals surface area contributed by atoms with Crippen LogP contribution in [0.3, 0.4) is 0 Å². The van der Waals surface area contributed by atoms with Crippen LogP contribution in [0.4, 0.5) is 15.2 Å². The number of carbonyl (C=O) groups excluding carboxylic acids is 1. The quantitative estimate of drug-likeness (QED) is 0.673. The molecule has 0 aliphatic rings. The van der Waals surface area contributed by atoms with E-state index in [1.54, 1.807) is 44.2 Å². The van der Waals surface area contributed by atoms with E-state index in [2.05, 4.69) is 15.0 Å². The third-order valence-corrected chi connectivity index (χ3v) is 6.26. The summed E-state index contributed by atoms with van der Waals surface area (Å²) in [5.41, 5.74) is 1.15. The van der Waals surface area contributed by atoms with Crippen LogP contribution in [0.2, 0.25) is 0 Å². The van der Waals surface area contributed by atoms with Crippen LogP contribution in [0.1, 0.15) is 20.9 Å². The highest BCUT2D eigenvalue weighted by Gasteiger charge is 2.20. The molecule has 0 spiro atoms. The highest BCUT2D eigenvalue weighted by molar-refractivity contribution is 7.93. The zero-order valence-electron chi connectivity index (χ0n) is 14.5. The molecule has 9 heteroatoms. The number of nitrogens with one attached hydrogen (secondary N) is 2. The Hall–Kier alpha value is -2.78. The Morgan fingerprint density at radius 3 is 2.48 bits per heavy atom. The Morgan fingerprint density at radius 1 is 1.11 bits per heavy atom. The summed E-state index contributed by atoms with van der Waals surface area (Å²) in [6.45, 7) is 3.22. The van der Waals surface area contributed by atoms with Crippen LogP contribution in [-0.2, 0) is 10.0 Å². The molecule has 0 saturated heterocycles. The van der Waals surface area contributed by atoms with Crippen molar-refractivity contribution < 1.29 is 17.6 Å². The number of sulfonamides is 1. The number of aryl methyl sites for hydroxylation is 2. The molecule has 6 nitrogen and oxygen atoms in total. The third-order valence-electron chi connectivity index (χ3n) is 3.71. The second-order valence-electron chi connectivity index (χ2n) is 5.77. The van der Waals surface area contributed by atoms with E-state index in [1.165, 1.54) is 18.2 Å². The summed E-state index contributed by atoms with van der Waals surface area (Å²) >= 11 is 0.909. The number of hydrogen-bond acceptors (Lipinski definition) is 5. The maximum absolute atomic E-state index is 13.6. The van der Waals surface area contributed by atoms with Crippen molar-refractivity contribution in [3.8, 4) is 0 Å². The predicted molar refractivity (Wildman–Crippen MR) is 103 cm³/mol. The standard InChI is InChI=1S/C18H16FN3O3S2/c1-11-8-9-13(10-15(11)19)21-17(23)16-12(2)20-18(26-16)22-27(24,25)14-6-4-3-5-7-14/h3-10H,1-2H3,(H,20,22)(H,21,23). The molecule has 1 aromatic heterocycles. The van der Waals surface area contributed by atoms with Crippen molar-refractivity contribution in [2.45, 2.75) is 18.7 Å². The first-order valence-electron chi connectivity index (χ1n) is 7.89. The lowest BCUT2D eigenvalue weighted by Gasteiger charge is -2.05. The fourth-order valence-electron chi connectivity index (χ4n) is 2.28. The van der Waals surface area contributed by atoms with Gasteiger partial charge in [-0.3, -0.25) is 9.52 Å². The largest absolute Gasteiger partial charge is 0.321 e. The first-order valence-corrected chi connectivity index (χ1v) is 10.2. The van der Waals surface area contributed by atoms with E-state index in [-0.39, 0.29) is 14.9 Å². The Morgan fingerprint density at radius 2 is 1.81 bits per heavy atom. The molecule has 1 heterocycles. The van der Waals surface area contributed by atoms with Crippen molar-refractivity contribution in [3.63, 3.8) is 0 Å². The summed E-state index contributed by atoms with van der Waals surface area (Å²) in [6.07, 6.45) is 0. The molecular weight excluding hydrogens is 389 g/mol. The molecular formula is C18H16FN3O3S2. The highest BCUT2D eigenvalue weighted by atomic mass is 32.2.